The van der Waals surface area contributed by atoms with Gasteiger partial charge >= 0.3 is 11.8 Å². The molecule has 1 aliphatic heterocycles. The van der Waals surface area contributed by atoms with Crippen molar-refractivity contribution in [3.63, 3.8) is 0 Å². The highest BCUT2D eigenvalue weighted by atomic mass is 35.5. The van der Waals surface area contributed by atoms with Crippen molar-refractivity contribution >= 4 is 29.1 Å². The van der Waals surface area contributed by atoms with Crippen molar-refractivity contribution in [2.45, 2.75) is 57.7 Å². The summed E-state index contributed by atoms with van der Waals surface area (Å²) in [6.07, 6.45) is 1.57. The molecule has 0 saturated carbocycles. The summed E-state index contributed by atoms with van der Waals surface area (Å²) in [6.45, 7) is 8.55. The molecule has 7 nitrogen and oxygen atoms in total. The number of ether oxygens (including phenoxy) is 2. The maximum Gasteiger partial charge on any atom is 0.313 e. The fraction of sp³-hybridized carbons (Fsp3) is 0.579. The molecule has 27 heavy (non-hydrogen) atoms. The summed E-state index contributed by atoms with van der Waals surface area (Å²) in [4.78, 5) is 24.8. The predicted molar refractivity (Wildman–Crippen MR) is 104 cm³/mol. The number of rotatable bonds is 4. The number of anilines is 1. The van der Waals surface area contributed by atoms with Crippen molar-refractivity contribution in [1.82, 2.24) is 5.32 Å². The number of nitrogens with one attached hydrogen (secondary N) is 2. The van der Waals surface area contributed by atoms with Gasteiger partial charge in [0.15, 0.2) is 0 Å². The zero-order valence-electron chi connectivity index (χ0n) is 16.7. The van der Waals surface area contributed by atoms with E-state index in [0.717, 1.165) is 12.8 Å². The second-order valence-corrected chi connectivity index (χ2v) is 8.75. The Bertz CT molecular complexity index is 718. The van der Waals surface area contributed by atoms with Gasteiger partial charge in [0.1, 0.15) is 11.5 Å². The van der Waals surface area contributed by atoms with E-state index >= 15 is 0 Å². The minimum atomic E-state index is -0.761. The Morgan fingerprint density at radius 2 is 1.59 bits per heavy atom. The Hall–Kier alpha value is -1.99. The summed E-state index contributed by atoms with van der Waals surface area (Å²) in [5.74, 6) is -0.719. The maximum absolute atomic E-state index is 12.4. The lowest BCUT2D eigenvalue weighted by molar-refractivity contribution is -0.787. The number of carbonyl (C=O) groups excluding carboxylic acids is 2. The van der Waals surface area contributed by atoms with Gasteiger partial charge in [0.2, 0.25) is 0 Å². The molecule has 1 saturated heterocycles. The van der Waals surface area contributed by atoms with E-state index in [2.05, 4.69) is 43.6 Å². The van der Waals surface area contributed by atoms with Crippen LogP contribution in [0.2, 0.25) is 5.02 Å². The van der Waals surface area contributed by atoms with Gasteiger partial charge in [0, 0.05) is 31.0 Å². The van der Waals surface area contributed by atoms with Gasteiger partial charge in [-0.3, -0.25) is 9.59 Å². The van der Waals surface area contributed by atoms with Crippen LogP contribution in [0.4, 0.5) is 5.69 Å². The highest BCUT2D eigenvalue weighted by Gasteiger charge is 2.42. The topological polar surface area (TPSA) is 93.3 Å². The van der Waals surface area contributed by atoms with Gasteiger partial charge in [-0.1, -0.05) is 11.6 Å². The molecule has 1 aliphatic rings. The minimum Gasteiger partial charge on any atom is -0.495 e. The van der Waals surface area contributed by atoms with Crippen molar-refractivity contribution in [2.24, 2.45) is 0 Å². The molecule has 8 heteroatoms. The van der Waals surface area contributed by atoms with E-state index in [-0.39, 0.29) is 17.1 Å². The smallest absolute Gasteiger partial charge is 0.313 e. The van der Waals surface area contributed by atoms with Crippen LogP contribution < -0.4 is 25.4 Å². The molecular weight excluding hydrogens is 370 g/mol. The zero-order valence-corrected chi connectivity index (χ0v) is 17.5. The summed E-state index contributed by atoms with van der Waals surface area (Å²) in [5, 5.41) is 8.09. The molecule has 2 rings (SSSR count). The minimum absolute atomic E-state index is 0.0110. The monoisotopic (exact) mass is 398 g/mol. The third-order valence-electron chi connectivity index (χ3n) is 4.59. The highest BCUT2D eigenvalue weighted by Crippen LogP contribution is 2.35. The van der Waals surface area contributed by atoms with Crippen LogP contribution in [0, 0.1) is 0 Å². The van der Waals surface area contributed by atoms with Gasteiger partial charge in [-0.2, -0.15) is 0 Å². The van der Waals surface area contributed by atoms with Gasteiger partial charge in [-0.15, -0.1) is 0 Å². The number of hydrogen-bond acceptors (Lipinski definition) is 4. The average molecular weight is 399 g/mol. The second-order valence-electron chi connectivity index (χ2n) is 8.34. The summed E-state index contributed by atoms with van der Waals surface area (Å²) in [7, 11) is 2.92. The summed E-state index contributed by atoms with van der Waals surface area (Å²) in [5.41, 5.74) is 0.294. The van der Waals surface area contributed by atoms with Gasteiger partial charge in [0.05, 0.1) is 36.0 Å². The first-order valence-corrected chi connectivity index (χ1v) is 9.24. The van der Waals surface area contributed by atoms with Gasteiger partial charge in [-0.05, 0) is 27.7 Å². The van der Waals surface area contributed by atoms with Crippen molar-refractivity contribution in [3.05, 3.63) is 17.2 Å². The van der Waals surface area contributed by atoms with Crippen LogP contribution in [0.1, 0.15) is 40.5 Å². The molecule has 0 bridgehead atoms. The molecule has 150 valence electrons. The molecule has 0 radical (unpaired) electrons. The molecule has 0 atom stereocenters. The van der Waals surface area contributed by atoms with E-state index < -0.39 is 11.8 Å². The number of methoxy groups -OCH3 is 2. The van der Waals surface area contributed by atoms with E-state index in [1.807, 2.05) is 0 Å². The Labute approximate surface area is 165 Å². The van der Waals surface area contributed by atoms with Gasteiger partial charge < -0.3 is 25.4 Å². The van der Waals surface area contributed by atoms with Crippen molar-refractivity contribution < 1.29 is 24.4 Å². The van der Waals surface area contributed by atoms with Crippen molar-refractivity contribution in [3.8, 4) is 11.5 Å². The van der Waals surface area contributed by atoms with Crippen LogP contribution in [0.15, 0.2) is 12.1 Å². The van der Waals surface area contributed by atoms with Crippen LogP contribution in [-0.4, -0.2) is 43.2 Å². The molecule has 1 heterocycles. The number of hydrogen-bond donors (Lipinski definition) is 3. The number of nitrogens with two attached hydrogens (primary N) is 1. The number of piperidine rings is 1. The molecule has 4 N–H and O–H groups in total. The number of carbonyl (C=O) groups is 2. The lowest BCUT2D eigenvalue weighted by atomic mass is 9.79. The lowest BCUT2D eigenvalue weighted by Gasteiger charge is -2.43. The SMILES string of the molecule is COc1cc(NC(=O)C(=O)NC2CC(C)(C)[NH2+]C(C)(C)C2)c(OC)cc1Cl. The summed E-state index contributed by atoms with van der Waals surface area (Å²) in [6, 6.07) is 2.98. The Morgan fingerprint density at radius 1 is 1.04 bits per heavy atom. The van der Waals surface area contributed by atoms with Crippen LogP contribution in [0.5, 0.6) is 11.5 Å². The summed E-state index contributed by atoms with van der Waals surface area (Å²) < 4.78 is 10.4. The molecule has 1 fully saturated rings. The molecule has 0 spiro atoms. The number of quaternary nitrogens is 1. The normalized spacial score (nSPS) is 18.5. The number of amides is 2. The van der Waals surface area contributed by atoms with E-state index in [9.17, 15) is 9.59 Å². The molecule has 1 aromatic rings. The van der Waals surface area contributed by atoms with Crippen LogP contribution >= 0.6 is 11.6 Å². The standard InChI is InChI=1S/C19H28ClN3O4/c1-18(2)9-11(10-19(3,4)23-18)21-16(24)17(25)22-13-8-14(26-5)12(20)7-15(13)27-6/h7-8,11,23H,9-10H2,1-6H3,(H,21,24)(H,22,25)/p+1. The van der Waals surface area contributed by atoms with Crippen LogP contribution in [-0.2, 0) is 9.59 Å². The van der Waals surface area contributed by atoms with Crippen molar-refractivity contribution in [2.75, 3.05) is 19.5 Å². The Morgan fingerprint density at radius 3 is 2.11 bits per heavy atom. The van der Waals surface area contributed by atoms with E-state index in [4.69, 9.17) is 21.1 Å². The first kappa shape index (κ1) is 21.3. The van der Waals surface area contributed by atoms with E-state index in [1.54, 1.807) is 0 Å². The van der Waals surface area contributed by atoms with Crippen LogP contribution in [0.25, 0.3) is 0 Å². The molecule has 0 unspecified atom stereocenters. The molecule has 0 aromatic heterocycles. The third kappa shape index (κ3) is 5.49. The number of halogens is 1. The fourth-order valence-electron chi connectivity index (χ4n) is 4.01. The lowest BCUT2D eigenvalue weighted by Crippen LogP contribution is -3.06. The summed E-state index contributed by atoms with van der Waals surface area (Å²) >= 11 is 6.06. The largest absolute Gasteiger partial charge is 0.495 e. The van der Waals surface area contributed by atoms with Gasteiger partial charge in [0.25, 0.3) is 0 Å². The van der Waals surface area contributed by atoms with Gasteiger partial charge in [-0.25, -0.2) is 0 Å². The Kier molecular flexibility index (Phi) is 6.27. The van der Waals surface area contributed by atoms with Crippen molar-refractivity contribution in [1.29, 1.82) is 0 Å². The Balaban J connectivity index is 2.09. The molecular formula is C19H29ClN3O4+. The predicted octanol–water partition coefficient (Wildman–Crippen LogP) is 1.69. The maximum atomic E-state index is 12.4. The fourth-order valence-corrected chi connectivity index (χ4v) is 4.24. The van der Waals surface area contributed by atoms with E-state index in [1.165, 1.54) is 26.4 Å². The molecule has 1 aromatic carbocycles. The zero-order chi connectivity index (χ0) is 20.4. The molecule has 2 amide bonds. The first-order valence-electron chi connectivity index (χ1n) is 8.87. The van der Waals surface area contributed by atoms with E-state index in [0.29, 0.717) is 22.2 Å². The van der Waals surface area contributed by atoms with Crippen LogP contribution in [0.3, 0.4) is 0 Å². The highest BCUT2D eigenvalue weighted by molar-refractivity contribution is 6.40. The number of benzene rings is 1. The first-order chi connectivity index (χ1) is 12.5. The second kappa shape index (κ2) is 7.94. The third-order valence-corrected chi connectivity index (χ3v) is 4.89. The molecule has 0 aliphatic carbocycles. The quantitative estimate of drug-likeness (QED) is 0.673. The average Bonchev–Trinajstić information content (AvgIpc) is 2.52.